The molecule has 2 rings (SSSR count). The lowest BCUT2D eigenvalue weighted by Crippen LogP contribution is -2.68. The molecule has 0 aromatic carbocycles. The molecule has 1 aliphatic heterocycles. The molecule has 2 fully saturated rings. The van der Waals surface area contributed by atoms with Gasteiger partial charge in [0.2, 0.25) is 0 Å². The van der Waals surface area contributed by atoms with E-state index in [-0.39, 0.29) is 11.1 Å². The lowest BCUT2D eigenvalue weighted by Gasteiger charge is -2.57. The first-order chi connectivity index (χ1) is 8.03. The van der Waals surface area contributed by atoms with Crippen LogP contribution < -0.4 is 5.73 Å². The predicted molar refractivity (Wildman–Crippen MR) is 71.0 cm³/mol. The van der Waals surface area contributed by atoms with E-state index in [0.29, 0.717) is 5.92 Å². The van der Waals surface area contributed by atoms with Crippen LogP contribution in [0.2, 0.25) is 0 Å². The maximum atomic E-state index is 6.20. The zero-order valence-corrected chi connectivity index (χ0v) is 11.7. The van der Waals surface area contributed by atoms with Crippen molar-refractivity contribution in [2.75, 3.05) is 26.3 Å². The third-order valence-electron chi connectivity index (χ3n) is 4.95. The molecule has 0 aromatic heterocycles. The van der Waals surface area contributed by atoms with E-state index < -0.39 is 0 Å². The van der Waals surface area contributed by atoms with Gasteiger partial charge in [-0.25, -0.2) is 0 Å². The van der Waals surface area contributed by atoms with Gasteiger partial charge in [0, 0.05) is 24.2 Å². The standard InChI is InChI=1S/C14H28N2O/c1-12-6-4-5-7-14(12,10-15)16-8-9-17-11-13(16,2)3/h12H,4-11,15H2,1-3H3. The Hall–Kier alpha value is -0.120. The third-order valence-corrected chi connectivity index (χ3v) is 4.95. The summed E-state index contributed by atoms with van der Waals surface area (Å²) in [5.74, 6) is 0.707. The highest BCUT2D eigenvalue weighted by molar-refractivity contribution is 5.04. The van der Waals surface area contributed by atoms with Gasteiger partial charge in [0.15, 0.2) is 0 Å². The molecule has 2 aliphatic rings. The summed E-state index contributed by atoms with van der Waals surface area (Å²) in [7, 11) is 0. The Kier molecular flexibility index (Phi) is 3.81. The zero-order chi connectivity index (χ0) is 12.5. The zero-order valence-electron chi connectivity index (χ0n) is 11.7. The Morgan fingerprint density at radius 1 is 1.35 bits per heavy atom. The molecule has 2 unspecified atom stereocenters. The van der Waals surface area contributed by atoms with Crippen molar-refractivity contribution in [3.63, 3.8) is 0 Å². The van der Waals surface area contributed by atoms with Crippen LogP contribution in [0, 0.1) is 5.92 Å². The summed E-state index contributed by atoms with van der Waals surface area (Å²) in [6.45, 7) is 10.5. The Morgan fingerprint density at radius 3 is 2.71 bits per heavy atom. The second-order valence-corrected chi connectivity index (χ2v) is 6.47. The SMILES string of the molecule is CC1CCCCC1(CN)N1CCOCC1(C)C. The van der Waals surface area contributed by atoms with Crippen LogP contribution in [0.4, 0.5) is 0 Å². The second kappa shape index (κ2) is 4.87. The monoisotopic (exact) mass is 240 g/mol. The Labute approximate surface area is 106 Å². The summed E-state index contributed by atoms with van der Waals surface area (Å²) in [5, 5.41) is 0. The van der Waals surface area contributed by atoms with Crippen LogP contribution >= 0.6 is 0 Å². The van der Waals surface area contributed by atoms with Crippen LogP contribution in [0.15, 0.2) is 0 Å². The fourth-order valence-corrected chi connectivity index (χ4v) is 3.89. The number of nitrogens with zero attached hydrogens (tertiary/aromatic N) is 1. The van der Waals surface area contributed by atoms with Crippen LogP contribution in [0.5, 0.6) is 0 Å². The molecule has 1 aliphatic carbocycles. The molecule has 17 heavy (non-hydrogen) atoms. The van der Waals surface area contributed by atoms with Gasteiger partial charge in [0.05, 0.1) is 13.2 Å². The maximum Gasteiger partial charge on any atom is 0.0645 e. The Morgan fingerprint density at radius 2 is 2.12 bits per heavy atom. The average molecular weight is 240 g/mol. The van der Waals surface area contributed by atoms with E-state index in [1.165, 1.54) is 25.7 Å². The predicted octanol–water partition coefficient (Wildman–Crippen LogP) is 2.00. The number of morpholine rings is 1. The summed E-state index contributed by atoms with van der Waals surface area (Å²) in [6.07, 6.45) is 5.28. The molecule has 0 radical (unpaired) electrons. The van der Waals surface area contributed by atoms with Gasteiger partial charge >= 0.3 is 0 Å². The molecule has 0 aromatic rings. The van der Waals surface area contributed by atoms with Crippen LogP contribution in [0.1, 0.15) is 46.5 Å². The topological polar surface area (TPSA) is 38.5 Å². The fraction of sp³-hybridized carbons (Fsp3) is 1.00. The largest absolute Gasteiger partial charge is 0.378 e. The highest BCUT2D eigenvalue weighted by atomic mass is 16.5. The molecule has 2 atom stereocenters. The first-order valence-corrected chi connectivity index (χ1v) is 7.08. The van der Waals surface area contributed by atoms with Gasteiger partial charge < -0.3 is 10.5 Å². The van der Waals surface area contributed by atoms with E-state index >= 15 is 0 Å². The third kappa shape index (κ3) is 2.25. The van der Waals surface area contributed by atoms with Gasteiger partial charge in [-0.3, -0.25) is 4.90 Å². The average Bonchev–Trinajstić information content (AvgIpc) is 2.30. The molecule has 0 bridgehead atoms. The van der Waals surface area contributed by atoms with Crippen molar-refractivity contribution in [3.05, 3.63) is 0 Å². The van der Waals surface area contributed by atoms with Gasteiger partial charge in [0.1, 0.15) is 0 Å². The van der Waals surface area contributed by atoms with Crippen LogP contribution in [0.25, 0.3) is 0 Å². The van der Waals surface area contributed by atoms with Crippen LogP contribution in [-0.2, 0) is 4.74 Å². The summed E-state index contributed by atoms with van der Waals surface area (Å²) < 4.78 is 5.65. The van der Waals surface area contributed by atoms with E-state index in [1.807, 2.05) is 0 Å². The minimum Gasteiger partial charge on any atom is -0.378 e. The van der Waals surface area contributed by atoms with Crippen molar-refractivity contribution < 1.29 is 4.74 Å². The van der Waals surface area contributed by atoms with E-state index in [1.54, 1.807) is 0 Å². The molecule has 0 amide bonds. The van der Waals surface area contributed by atoms with E-state index in [4.69, 9.17) is 10.5 Å². The minimum atomic E-state index is 0.128. The highest BCUT2D eigenvalue weighted by Crippen LogP contribution is 2.41. The summed E-state index contributed by atoms with van der Waals surface area (Å²) >= 11 is 0. The van der Waals surface area contributed by atoms with Gasteiger partial charge in [0.25, 0.3) is 0 Å². The summed E-state index contributed by atoms with van der Waals surface area (Å²) in [4.78, 5) is 2.66. The molecule has 3 nitrogen and oxygen atoms in total. The molecule has 1 heterocycles. The summed E-state index contributed by atoms with van der Waals surface area (Å²) in [5.41, 5.74) is 6.54. The first kappa shape index (κ1) is 13.3. The maximum absolute atomic E-state index is 6.20. The highest BCUT2D eigenvalue weighted by Gasteiger charge is 2.48. The number of nitrogens with two attached hydrogens (primary N) is 1. The fourth-order valence-electron chi connectivity index (χ4n) is 3.89. The van der Waals surface area contributed by atoms with Gasteiger partial charge in [-0.1, -0.05) is 19.8 Å². The van der Waals surface area contributed by atoms with E-state index in [9.17, 15) is 0 Å². The molecule has 2 N–H and O–H groups in total. The van der Waals surface area contributed by atoms with Gasteiger partial charge in [-0.05, 0) is 32.6 Å². The van der Waals surface area contributed by atoms with Crippen LogP contribution in [-0.4, -0.2) is 42.3 Å². The van der Waals surface area contributed by atoms with Crippen molar-refractivity contribution in [2.24, 2.45) is 11.7 Å². The smallest absolute Gasteiger partial charge is 0.0645 e. The number of hydrogen-bond donors (Lipinski definition) is 1. The second-order valence-electron chi connectivity index (χ2n) is 6.47. The van der Waals surface area contributed by atoms with Crippen molar-refractivity contribution in [1.29, 1.82) is 0 Å². The lowest BCUT2D eigenvalue weighted by atomic mass is 9.70. The molecule has 3 heteroatoms. The number of rotatable bonds is 2. The first-order valence-electron chi connectivity index (χ1n) is 7.08. The van der Waals surface area contributed by atoms with E-state index in [0.717, 1.165) is 26.3 Å². The van der Waals surface area contributed by atoms with Crippen molar-refractivity contribution in [3.8, 4) is 0 Å². The number of ether oxygens (including phenoxy) is 1. The molecular weight excluding hydrogens is 212 g/mol. The van der Waals surface area contributed by atoms with Crippen molar-refractivity contribution in [1.82, 2.24) is 4.90 Å². The minimum absolute atomic E-state index is 0.128. The number of hydrogen-bond acceptors (Lipinski definition) is 3. The molecule has 1 saturated heterocycles. The Balaban J connectivity index is 2.26. The van der Waals surface area contributed by atoms with Crippen molar-refractivity contribution in [2.45, 2.75) is 57.5 Å². The molecular formula is C14H28N2O. The Bertz CT molecular complexity index is 267. The normalized spacial score (nSPS) is 39.2. The molecule has 1 saturated carbocycles. The quantitative estimate of drug-likeness (QED) is 0.802. The van der Waals surface area contributed by atoms with Gasteiger partial charge in [-0.2, -0.15) is 0 Å². The van der Waals surface area contributed by atoms with Gasteiger partial charge in [-0.15, -0.1) is 0 Å². The van der Waals surface area contributed by atoms with E-state index in [2.05, 4.69) is 25.7 Å². The van der Waals surface area contributed by atoms with Crippen molar-refractivity contribution >= 4 is 0 Å². The lowest BCUT2D eigenvalue weighted by molar-refractivity contribution is -0.128. The molecule has 0 spiro atoms. The molecule has 100 valence electrons. The summed E-state index contributed by atoms with van der Waals surface area (Å²) in [6, 6.07) is 0. The van der Waals surface area contributed by atoms with Crippen LogP contribution in [0.3, 0.4) is 0 Å².